The Labute approximate surface area is 233 Å². The molecule has 2 rings (SSSR count). The van der Waals surface area contributed by atoms with Crippen molar-refractivity contribution in [2.24, 2.45) is 0 Å². The molecular weight excluding hydrogens is 642 g/mol. The van der Waals surface area contributed by atoms with E-state index in [1.54, 1.807) is 19.1 Å². The number of halogens is 7. The topological polar surface area (TPSA) is 130 Å². The average molecular weight is 667 g/mol. The first kappa shape index (κ1) is 38.0. The summed E-state index contributed by atoms with van der Waals surface area (Å²) in [5.41, 5.74) is -3.50. The van der Waals surface area contributed by atoms with Crippen molar-refractivity contribution in [3.63, 3.8) is 0 Å². The van der Waals surface area contributed by atoms with Crippen molar-refractivity contribution in [3.8, 4) is 0 Å². The van der Waals surface area contributed by atoms with Gasteiger partial charge in [-0.2, -0.15) is 51.6 Å². The van der Waals surface area contributed by atoms with E-state index in [0.29, 0.717) is 0 Å². The third-order valence-corrected chi connectivity index (χ3v) is 7.74. The summed E-state index contributed by atoms with van der Waals surface area (Å²) in [5, 5.41) is 0. The average Bonchev–Trinajstić information content (AvgIpc) is 2.82. The van der Waals surface area contributed by atoms with Crippen LogP contribution in [0.3, 0.4) is 0 Å². The van der Waals surface area contributed by atoms with Gasteiger partial charge in [0.25, 0.3) is 20.2 Å². The van der Waals surface area contributed by atoms with Gasteiger partial charge >= 0.3 is 21.8 Å². The van der Waals surface area contributed by atoms with E-state index in [9.17, 15) is 51.6 Å². The van der Waals surface area contributed by atoms with Gasteiger partial charge in [-0.05, 0) is 45.0 Å². The lowest BCUT2D eigenvalue weighted by Crippen LogP contribution is -2.25. The molecule has 0 aromatic heterocycles. The normalized spacial score (nSPS) is 12.6. The minimum Gasteiger partial charge on any atom is -0.265 e. The molecule has 0 aliphatic carbocycles. The molecule has 230 valence electrons. The number of rotatable bonds is 9. The minimum atomic E-state index is -5.35. The molecule has 0 spiro atoms. The Morgan fingerprint density at radius 3 is 1.32 bits per heavy atom. The monoisotopic (exact) mass is 666 g/mol. The molecule has 40 heavy (non-hydrogen) atoms. The number of benzene rings is 2. The number of hydrogen-bond acceptors (Lipinski definition) is 9. The summed E-state index contributed by atoms with van der Waals surface area (Å²) >= 11 is 5.33. The lowest BCUT2D eigenvalue weighted by Gasteiger charge is -2.08. The van der Waals surface area contributed by atoms with Gasteiger partial charge in [-0.25, -0.2) is 0 Å². The molecule has 0 aliphatic heterocycles. The molecule has 0 saturated carbocycles. The van der Waals surface area contributed by atoms with Gasteiger partial charge in [-0.3, -0.25) is 12.5 Å². The zero-order valence-electron chi connectivity index (χ0n) is 21.0. The van der Waals surface area contributed by atoms with Crippen molar-refractivity contribution in [3.05, 3.63) is 59.7 Å². The second-order valence-corrected chi connectivity index (χ2v) is 12.4. The van der Waals surface area contributed by atoms with Crippen LogP contribution in [0.2, 0.25) is 0 Å². The maximum Gasteiger partial charge on any atom is 0.523 e. The number of alkyl halides is 7. The summed E-state index contributed by atoms with van der Waals surface area (Å²) < 4.78 is 146. The molecule has 0 saturated heterocycles. The van der Waals surface area contributed by atoms with Crippen LogP contribution in [0.1, 0.15) is 18.1 Å². The highest BCUT2D eigenvalue weighted by Gasteiger charge is 2.46. The third kappa shape index (κ3) is 14.6. The quantitative estimate of drug-likeness (QED) is 0.156. The fourth-order valence-corrected chi connectivity index (χ4v) is 4.47. The molecule has 0 N–H and O–H groups in total. The van der Waals surface area contributed by atoms with Gasteiger partial charge < -0.3 is 0 Å². The molecule has 0 fully saturated rings. The summed E-state index contributed by atoms with van der Waals surface area (Å²) in [6.07, 6.45) is -4.67. The van der Waals surface area contributed by atoms with E-state index in [4.69, 9.17) is 11.6 Å². The fraction of sp³-hybridized carbons (Fsp3) is 0.429. The van der Waals surface area contributed by atoms with Crippen molar-refractivity contribution < 1.29 is 64.1 Å². The third-order valence-electron chi connectivity index (χ3n) is 3.87. The van der Waals surface area contributed by atoms with Crippen molar-refractivity contribution in [1.82, 2.24) is 0 Å². The summed E-state index contributed by atoms with van der Waals surface area (Å²) in [6, 6.07) is 11.8. The van der Waals surface area contributed by atoms with E-state index in [0.717, 1.165) is 18.1 Å². The summed E-state index contributed by atoms with van der Waals surface area (Å²) in [5.74, 6) is 0.158. The highest BCUT2D eigenvalue weighted by molar-refractivity contribution is 7.87. The Bertz CT molecular complexity index is 1360. The smallest absolute Gasteiger partial charge is 0.265 e. The van der Waals surface area contributed by atoms with Crippen molar-refractivity contribution in [2.75, 3.05) is 25.7 Å². The lowest BCUT2D eigenvalue weighted by molar-refractivity contribution is -0.152. The lowest BCUT2D eigenvalue weighted by atomic mass is 10.2. The van der Waals surface area contributed by atoms with Crippen LogP contribution in [-0.4, -0.2) is 62.6 Å². The largest absolute Gasteiger partial charge is 0.523 e. The molecular formula is C21H25ClF6O9S3. The van der Waals surface area contributed by atoms with E-state index in [1.807, 2.05) is 6.92 Å². The Morgan fingerprint density at radius 2 is 1.05 bits per heavy atom. The molecule has 0 unspecified atom stereocenters. The molecule has 0 atom stereocenters. The maximum atomic E-state index is 11.8. The minimum absolute atomic E-state index is 0.00222. The molecule has 0 radical (unpaired) electrons. The van der Waals surface area contributed by atoms with E-state index >= 15 is 0 Å². The molecule has 0 bridgehead atoms. The van der Waals surface area contributed by atoms with Gasteiger partial charge in [0, 0.05) is 5.88 Å². The fourth-order valence-electron chi connectivity index (χ4n) is 2.05. The second kappa shape index (κ2) is 15.9. The highest BCUT2D eigenvalue weighted by Crippen LogP contribution is 2.24. The summed E-state index contributed by atoms with van der Waals surface area (Å²) in [4.78, 5) is -0.129. The first-order chi connectivity index (χ1) is 18.1. The first-order valence-corrected chi connectivity index (χ1v) is 15.3. The Balaban J connectivity index is 0.000000587. The van der Waals surface area contributed by atoms with Gasteiger partial charge in [-0.1, -0.05) is 35.4 Å². The van der Waals surface area contributed by atoms with E-state index < -0.39 is 55.3 Å². The molecule has 2 aromatic rings. The molecule has 0 amide bonds. The molecule has 0 aliphatic rings. The number of hydrogen-bond donors (Lipinski definition) is 0. The zero-order chi connectivity index (χ0) is 31.4. The molecule has 2 aromatic carbocycles. The maximum absolute atomic E-state index is 11.8. The van der Waals surface area contributed by atoms with Crippen LogP contribution in [-0.2, 0) is 42.9 Å². The Hall–Kier alpha value is -1.96. The van der Waals surface area contributed by atoms with Crippen molar-refractivity contribution >= 4 is 42.0 Å². The van der Waals surface area contributed by atoms with E-state index in [-0.39, 0.29) is 22.3 Å². The van der Waals surface area contributed by atoms with Crippen LogP contribution < -0.4 is 0 Å². The van der Waals surface area contributed by atoms with Crippen LogP contribution >= 0.6 is 11.6 Å². The van der Waals surface area contributed by atoms with Crippen molar-refractivity contribution in [2.45, 2.75) is 42.2 Å². The van der Waals surface area contributed by atoms with Crippen LogP contribution in [0.4, 0.5) is 26.3 Å². The van der Waals surface area contributed by atoms with E-state index in [1.165, 1.54) is 36.4 Å². The predicted octanol–water partition coefficient (Wildman–Crippen LogP) is 5.07. The Kier molecular flexibility index (Phi) is 15.1. The van der Waals surface area contributed by atoms with Gasteiger partial charge in [0.2, 0.25) is 0 Å². The van der Waals surface area contributed by atoms with E-state index in [2.05, 4.69) is 12.5 Å². The van der Waals surface area contributed by atoms with Gasteiger partial charge in [0.05, 0.1) is 23.0 Å². The van der Waals surface area contributed by atoms with Gasteiger partial charge in [0.15, 0.2) is 6.61 Å². The highest BCUT2D eigenvalue weighted by atomic mass is 35.5. The number of aryl methyl sites for hydroxylation is 2. The SMILES string of the molecule is CCOS(=O)(=O)C(F)(F)F.Cc1ccc(S(=O)(=O)OCC(F)(F)F)cc1.Cc1ccc(S(=O)(=O)OCCCl)cc1. The molecule has 19 heteroatoms. The Morgan fingerprint density at radius 1 is 0.675 bits per heavy atom. The first-order valence-electron chi connectivity index (χ1n) is 10.6. The molecule has 0 heterocycles. The van der Waals surface area contributed by atoms with Gasteiger partial charge in [-0.15, -0.1) is 11.6 Å². The summed E-state index contributed by atoms with van der Waals surface area (Å²) in [6.45, 7) is 2.44. The van der Waals surface area contributed by atoms with Crippen LogP contribution in [0.5, 0.6) is 0 Å². The second-order valence-electron chi connectivity index (χ2n) is 7.23. The standard InChI is InChI=1S/C9H11ClO3S.C9H9F3O3S.C3H5F3O3S/c1-8-2-4-9(5-3-8)14(11,12)13-7-6-10;1-7-2-4-8(5-3-7)16(13,14)15-6-9(10,11)12;1-2-9-10(7,8)3(4,5)6/h2-5H,6-7H2,1H3;2-5H,6H2,1H3;2H2,1H3. The summed E-state index contributed by atoms with van der Waals surface area (Å²) in [7, 11) is -13.3. The van der Waals surface area contributed by atoms with Gasteiger partial charge in [0.1, 0.15) is 0 Å². The predicted molar refractivity (Wildman–Crippen MR) is 132 cm³/mol. The van der Waals surface area contributed by atoms with Crippen LogP contribution in [0, 0.1) is 13.8 Å². The van der Waals surface area contributed by atoms with Crippen LogP contribution in [0.25, 0.3) is 0 Å². The van der Waals surface area contributed by atoms with Crippen molar-refractivity contribution in [1.29, 1.82) is 0 Å². The zero-order valence-corrected chi connectivity index (χ0v) is 24.2. The molecule has 9 nitrogen and oxygen atoms in total. The van der Waals surface area contributed by atoms with Crippen LogP contribution in [0.15, 0.2) is 58.3 Å².